The topological polar surface area (TPSA) is 0 Å². The molecule has 0 saturated carbocycles. The number of aryl methyl sites for hydroxylation is 1. The van der Waals surface area contributed by atoms with E-state index in [0.29, 0.717) is 0 Å². The smallest absolute Gasteiger partial charge is 0.0132 e. The van der Waals surface area contributed by atoms with Crippen molar-refractivity contribution in [2.24, 2.45) is 0 Å². The molecule has 4 aromatic rings. The summed E-state index contributed by atoms with van der Waals surface area (Å²) in [7, 11) is 0. The quantitative estimate of drug-likeness (QED) is 0.201. The SMILES string of the molecule is C=C(c1ccc(C)cc1)c1cc(C(=C)c2cc(C(C)(C)C)cc(C(C)(C)C)c2)cc(C(=C)c2cc(C(C)(C)C)cc(C(C)(C)C)c2)c1. The molecule has 0 aliphatic heterocycles. The van der Waals surface area contributed by atoms with Gasteiger partial charge in [-0.05, 0) is 119 Å². The summed E-state index contributed by atoms with van der Waals surface area (Å²) in [6, 6.07) is 29.5. The Bertz CT molecular complexity index is 1650. The summed E-state index contributed by atoms with van der Waals surface area (Å²) in [6.07, 6.45) is 0. The average molecular weight is 623 g/mol. The Hall–Kier alpha value is -3.90. The largest absolute Gasteiger partial charge is 0.0906 e. The molecule has 0 amide bonds. The van der Waals surface area contributed by atoms with Crippen molar-refractivity contribution in [1.82, 2.24) is 0 Å². The standard InChI is InChI=1S/C47H58/c1-30-17-19-34(20-18-30)31(2)35-21-36(32(3)38-24-40(44(5,6)7)28-41(25-38)45(8,9)10)23-37(22-35)33(4)39-26-42(46(11,12)13)29-43(27-39)47(14,15)16/h17-29H,2-4H2,1,5-16H3. The zero-order valence-electron chi connectivity index (χ0n) is 31.6. The van der Waals surface area contributed by atoms with E-state index in [2.05, 4.69) is 175 Å². The summed E-state index contributed by atoms with van der Waals surface area (Å²) in [5.41, 5.74) is 16.2. The minimum atomic E-state index is 0.0140. The van der Waals surface area contributed by atoms with Gasteiger partial charge in [-0.2, -0.15) is 0 Å². The van der Waals surface area contributed by atoms with Crippen molar-refractivity contribution in [3.63, 3.8) is 0 Å². The third-order valence-corrected chi connectivity index (χ3v) is 9.41. The summed E-state index contributed by atoms with van der Waals surface area (Å²) in [5.74, 6) is 0. The Morgan fingerprint density at radius 3 is 0.830 bits per heavy atom. The van der Waals surface area contributed by atoms with Crippen molar-refractivity contribution in [1.29, 1.82) is 0 Å². The first-order valence-electron chi connectivity index (χ1n) is 17.1. The Labute approximate surface area is 287 Å². The van der Waals surface area contributed by atoms with Crippen LogP contribution in [0.5, 0.6) is 0 Å². The molecule has 0 atom stereocenters. The predicted octanol–water partition coefficient (Wildman–Crippen LogP) is 13.4. The van der Waals surface area contributed by atoms with Gasteiger partial charge in [-0.15, -0.1) is 0 Å². The second-order valence-corrected chi connectivity index (χ2v) is 17.7. The molecule has 0 unspecified atom stereocenters. The van der Waals surface area contributed by atoms with Crippen LogP contribution < -0.4 is 0 Å². The minimum Gasteiger partial charge on any atom is -0.0906 e. The molecular formula is C47H58. The van der Waals surface area contributed by atoms with Crippen LogP contribution in [0.4, 0.5) is 0 Å². The van der Waals surface area contributed by atoms with Crippen LogP contribution in [0.1, 0.15) is 144 Å². The first kappa shape index (κ1) is 35.9. The maximum atomic E-state index is 4.73. The predicted molar refractivity (Wildman–Crippen MR) is 210 cm³/mol. The van der Waals surface area contributed by atoms with E-state index in [1.54, 1.807) is 0 Å². The van der Waals surface area contributed by atoms with Crippen LogP contribution in [0, 0.1) is 6.92 Å². The molecule has 0 saturated heterocycles. The molecule has 0 radical (unpaired) electrons. The zero-order chi connectivity index (χ0) is 35.3. The molecule has 0 aliphatic carbocycles. The lowest BCUT2D eigenvalue weighted by Crippen LogP contribution is -2.17. The lowest BCUT2D eigenvalue weighted by Gasteiger charge is -2.27. The van der Waals surface area contributed by atoms with Crippen LogP contribution in [0.2, 0.25) is 0 Å². The molecule has 0 heteroatoms. The van der Waals surface area contributed by atoms with E-state index in [-0.39, 0.29) is 21.7 Å². The van der Waals surface area contributed by atoms with Gasteiger partial charge in [-0.3, -0.25) is 0 Å². The Kier molecular flexibility index (Phi) is 9.64. The highest BCUT2D eigenvalue weighted by Gasteiger charge is 2.24. The third kappa shape index (κ3) is 8.34. The first-order valence-corrected chi connectivity index (χ1v) is 17.1. The molecule has 0 heterocycles. The summed E-state index contributed by atoms with van der Waals surface area (Å²) in [4.78, 5) is 0. The van der Waals surface area contributed by atoms with Gasteiger partial charge in [0.1, 0.15) is 0 Å². The first-order chi connectivity index (χ1) is 21.4. The molecule has 0 nitrogen and oxygen atoms in total. The summed E-state index contributed by atoms with van der Waals surface area (Å²) in [5, 5.41) is 0. The van der Waals surface area contributed by atoms with Gasteiger partial charge in [0, 0.05) is 0 Å². The van der Waals surface area contributed by atoms with Crippen molar-refractivity contribution in [2.45, 2.75) is 112 Å². The van der Waals surface area contributed by atoms with Crippen molar-refractivity contribution < 1.29 is 0 Å². The van der Waals surface area contributed by atoms with Crippen LogP contribution in [-0.4, -0.2) is 0 Å². The fraction of sp³-hybridized carbons (Fsp3) is 0.362. The van der Waals surface area contributed by atoms with Crippen LogP contribution in [0.25, 0.3) is 16.7 Å². The normalized spacial score (nSPS) is 12.6. The van der Waals surface area contributed by atoms with Gasteiger partial charge in [0.25, 0.3) is 0 Å². The Balaban J connectivity index is 1.96. The van der Waals surface area contributed by atoms with E-state index in [4.69, 9.17) is 13.2 Å². The van der Waals surface area contributed by atoms with E-state index in [0.717, 1.165) is 50.1 Å². The highest BCUT2D eigenvalue weighted by molar-refractivity contribution is 5.89. The highest BCUT2D eigenvalue weighted by Crippen LogP contribution is 2.38. The Morgan fingerprint density at radius 2 is 0.574 bits per heavy atom. The maximum Gasteiger partial charge on any atom is -0.0132 e. The summed E-state index contributed by atoms with van der Waals surface area (Å²) in [6.45, 7) is 43.6. The fourth-order valence-electron chi connectivity index (χ4n) is 5.74. The number of benzene rings is 4. The van der Waals surface area contributed by atoms with E-state index >= 15 is 0 Å². The van der Waals surface area contributed by atoms with Crippen molar-refractivity contribution in [3.8, 4) is 0 Å². The van der Waals surface area contributed by atoms with Crippen molar-refractivity contribution in [3.05, 3.63) is 160 Å². The molecule has 246 valence electrons. The molecule has 4 rings (SSSR count). The number of rotatable bonds is 6. The molecule has 0 aromatic heterocycles. The van der Waals surface area contributed by atoms with Crippen LogP contribution in [0.15, 0.2) is 98.6 Å². The number of hydrogen-bond acceptors (Lipinski definition) is 0. The maximum absolute atomic E-state index is 4.73. The summed E-state index contributed by atoms with van der Waals surface area (Å²) >= 11 is 0. The van der Waals surface area contributed by atoms with E-state index in [1.807, 2.05) is 0 Å². The van der Waals surface area contributed by atoms with Gasteiger partial charge in [-0.1, -0.05) is 169 Å². The second-order valence-electron chi connectivity index (χ2n) is 17.7. The van der Waals surface area contributed by atoms with Gasteiger partial charge in [-0.25, -0.2) is 0 Å². The lowest BCUT2D eigenvalue weighted by molar-refractivity contribution is 0.567. The van der Waals surface area contributed by atoms with Gasteiger partial charge in [0.2, 0.25) is 0 Å². The molecular weight excluding hydrogens is 565 g/mol. The monoisotopic (exact) mass is 622 g/mol. The Morgan fingerprint density at radius 1 is 0.340 bits per heavy atom. The van der Waals surface area contributed by atoms with E-state index in [1.165, 1.54) is 27.8 Å². The molecule has 0 fully saturated rings. The highest BCUT2D eigenvalue weighted by atomic mass is 14.3. The van der Waals surface area contributed by atoms with Crippen molar-refractivity contribution >= 4 is 16.7 Å². The van der Waals surface area contributed by atoms with Gasteiger partial charge >= 0.3 is 0 Å². The average Bonchev–Trinajstić information content (AvgIpc) is 2.98. The zero-order valence-corrected chi connectivity index (χ0v) is 31.6. The molecule has 0 N–H and O–H groups in total. The van der Waals surface area contributed by atoms with Crippen LogP contribution in [0.3, 0.4) is 0 Å². The minimum absolute atomic E-state index is 0.0140. The lowest BCUT2D eigenvalue weighted by atomic mass is 9.77. The van der Waals surface area contributed by atoms with Gasteiger partial charge < -0.3 is 0 Å². The summed E-state index contributed by atoms with van der Waals surface area (Å²) < 4.78 is 0. The molecule has 4 aromatic carbocycles. The molecule has 0 spiro atoms. The molecule has 47 heavy (non-hydrogen) atoms. The van der Waals surface area contributed by atoms with E-state index in [9.17, 15) is 0 Å². The second kappa shape index (κ2) is 12.6. The van der Waals surface area contributed by atoms with E-state index < -0.39 is 0 Å². The van der Waals surface area contributed by atoms with Crippen LogP contribution in [-0.2, 0) is 21.7 Å². The molecule has 0 bridgehead atoms. The van der Waals surface area contributed by atoms with Crippen molar-refractivity contribution in [2.75, 3.05) is 0 Å². The molecule has 0 aliphatic rings. The fourth-order valence-corrected chi connectivity index (χ4v) is 5.74. The van der Waals surface area contributed by atoms with Gasteiger partial charge in [0.15, 0.2) is 0 Å². The third-order valence-electron chi connectivity index (χ3n) is 9.41. The van der Waals surface area contributed by atoms with Crippen LogP contribution >= 0.6 is 0 Å². The van der Waals surface area contributed by atoms with Gasteiger partial charge in [0.05, 0.1) is 0 Å². The number of hydrogen-bond donors (Lipinski definition) is 0.